The summed E-state index contributed by atoms with van der Waals surface area (Å²) in [7, 11) is 1.42. The molecule has 0 aliphatic heterocycles. The predicted molar refractivity (Wildman–Crippen MR) is 79.0 cm³/mol. The van der Waals surface area contributed by atoms with E-state index in [0.29, 0.717) is 5.56 Å². The monoisotopic (exact) mass is 304 g/mol. The lowest BCUT2D eigenvalue weighted by atomic mass is 10.2. The van der Waals surface area contributed by atoms with E-state index in [9.17, 15) is 15.2 Å². The Morgan fingerprint density at radius 3 is 2.95 bits per heavy atom. The molecule has 0 fully saturated rings. The highest BCUT2D eigenvalue weighted by molar-refractivity contribution is 5.81. The van der Waals surface area contributed by atoms with E-state index in [-0.39, 0.29) is 23.1 Å². The van der Waals surface area contributed by atoms with Gasteiger partial charge in [0.1, 0.15) is 6.33 Å². The average Bonchev–Trinajstić information content (AvgIpc) is 2.48. The SMILES string of the molecule is COc1cc(/C=N\Nc2ncnc(N)c2[N+](=O)[O-])ccc1O. The minimum Gasteiger partial charge on any atom is -0.504 e. The van der Waals surface area contributed by atoms with Gasteiger partial charge in [-0.15, -0.1) is 0 Å². The first-order valence-electron chi connectivity index (χ1n) is 5.94. The number of hydrogen-bond acceptors (Lipinski definition) is 9. The number of benzene rings is 1. The number of hydrazone groups is 1. The van der Waals surface area contributed by atoms with Crippen LogP contribution in [0.15, 0.2) is 29.6 Å². The fourth-order valence-electron chi connectivity index (χ4n) is 1.60. The van der Waals surface area contributed by atoms with Gasteiger partial charge in [-0.05, 0) is 23.8 Å². The molecular formula is C12H12N6O4. The van der Waals surface area contributed by atoms with E-state index in [2.05, 4.69) is 20.5 Å². The Kier molecular flexibility index (Phi) is 4.32. The first-order chi connectivity index (χ1) is 10.5. The van der Waals surface area contributed by atoms with Crippen LogP contribution in [0.2, 0.25) is 0 Å². The number of ether oxygens (including phenoxy) is 1. The van der Waals surface area contributed by atoms with Crippen LogP contribution in [-0.2, 0) is 0 Å². The Bertz CT molecular complexity index is 734. The van der Waals surface area contributed by atoms with E-state index in [1.54, 1.807) is 12.1 Å². The van der Waals surface area contributed by atoms with Crippen molar-refractivity contribution in [2.24, 2.45) is 5.10 Å². The van der Waals surface area contributed by atoms with E-state index in [0.717, 1.165) is 6.33 Å². The maximum atomic E-state index is 10.9. The molecule has 10 heteroatoms. The summed E-state index contributed by atoms with van der Waals surface area (Å²) in [6.07, 6.45) is 2.47. The second-order valence-electron chi connectivity index (χ2n) is 4.01. The molecule has 2 rings (SSSR count). The second-order valence-corrected chi connectivity index (χ2v) is 4.01. The Morgan fingerprint density at radius 2 is 2.27 bits per heavy atom. The molecule has 0 spiro atoms. The van der Waals surface area contributed by atoms with Crippen LogP contribution in [0.1, 0.15) is 5.56 Å². The summed E-state index contributed by atoms with van der Waals surface area (Å²) in [6.45, 7) is 0. The average molecular weight is 304 g/mol. The van der Waals surface area contributed by atoms with Crippen LogP contribution in [0.25, 0.3) is 0 Å². The number of phenolic OH excluding ortho intramolecular Hbond substituents is 1. The third kappa shape index (κ3) is 3.17. The van der Waals surface area contributed by atoms with Crippen molar-refractivity contribution in [2.75, 3.05) is 18.3 Å². The molecule has 0 unspecified atom stereocenters. The minimum absolute atomic E-state index is 0.00757. The zero-order chi connectivity index (χ0) is 16.1. The van der Waals surface area contributed by atoms with Gasteiger partial charge < -0.3 is 15.6 Å². The summed E-state index contributed by atoms with van der Waals surface area (Å²) < 4.78 is 4.96. The Balaban J connectivity index is 2.20. The van der Waals surface area contributed by atoms with Crippen molar-refractivity contribution in [1.29, 1.82) is 0 Å². The number of nitrogens with two attached hydrogens (primary N) is 1. The molecule has 0 bridgehead atoms. The van der Waals surface area contributed by atoms with Gasteiger partial charge in [0, 0.05) is 0 Å². The van der Waals surface area contributed by atoms with E-state index < -0.39 is 10.6 Å². The van der Waals surface area contributed by atoms with Gasteiger partial charge in [-0.2, -0.15) is 5.10 Å². The molecule has 0 atom stereocenters. The third-order valence-electron chi connectivity index (χ3n) is 2.62. The van der Waals surface area contributed by atoms with Crippen molar-refractivity contribution in [3.05, 3.63) is 40.2 Å². The van der Waals surface area contributed by atoms with Gasteiger partial charge in [-0.25, -0.2) is 9.97 Å². The van der Waals surface area contributed by atoms with Crippen LogP contribution < -0.4 is 15.9 Å². The largest absolute Gasteiger partial charge is 0.504 e. The number of nitrogens with one attached hydrogen (secondary N) is 1. The van der Waals surface area contributed by atoms with E-state index in [4.69, 9.17) is 10.5 Å². The summed E-state index contributed by atoms with van der Waals surface area (Å²) in [5.41, 5.74) is 8.01. The standard InChI is InChI=1S/C12H12N6O4/c1-22-9-4-7(2-3-8(9)19)5-16-17-12-10(18(20)21)11(13)14-6-15-12/h2-6,19H,1H3,(H3,13,14,15,17)/b16-5-. The van der Waals surface area contributed by atoms with Crippen LogP contribution in [0.3, 0.4) is 0 Å². The quantitative estimate of drug-likeness (QED) is 0.422. The zero-order valence-electron chi connectivity index (χ0n) is 11.4. The van der Waals surface area contributed by atoms with Crippen LogP contribution in [0.4, 0.5) is 17.3 Å². The molecule has 1 aromatic carbocycles. The molecule has 1 heterocycles. The molecule has 0 aliphatic carbocycles. The predicted octanol–water partition coefficient (Wildman–Crippen LogP) is 1.13. The number of methoxy groups -OCH3 is 1. The lowest BCUT2D eigenvalue weighted by molar-refractivity contribution is -0.383. The number of aromatic hydroxyl groups is 1. The third-order valence-corrected chi connectivity index (χ3v) is 2.62. The Hall–Kier alpha value is -3.43. The topological polar surface area (TPSA) is 149 Å². The highest BCUT2D eigenvalue weighted by atomic mass is 16.6. The smallest absolute Gasteiger partial charge is 0.354 e. The first kappa shape index (κ1) is 15.0. The highest BCUT2D eigenvalue weighted by Gasteiger charge is 2.20. The first-order valence-corrected chi connectivity index (χ1v) is 5.94. The molecule has 1 aromatic heterocycles. The van der Waals surface area contributed by atoms with Crippen molar-refractivity contribution in [2.45, 2.75) is 0 Å². The van der Waals surface area contributed by atoms with Crippen molar-refractivity contribution >= 4 is 23.5 Å². The van der Waals surface area contributed by atoms with E-state index in [1.807, 2.05) is 0 Å². The maximum absolute atomic E-state index is 10.9. The summed E-state index contributed by atoms with van der Waals surface area (Å²) in [6, 6.07) is 4.57. The van der Waals surface area contributed by atoms with Gasteiger partial charge in [0.2, 0.25) is 11.6 Å². The fraction of sp³-hybridized carbons (Fsp3) is 0.0833. The van der Waals surface area contributed by atoms with Gasteiger partial charge in [0.15, 0.2) is 11.5 Å². The van der Waals surface area contributed by atoms with Gasteiger partial charge in [0.05, 0.1) is 18.2 Å². The van der Waals surface area contributed by atoms with Crippen molar-refractivity contribution in [3.63, 3.8) is 0 Å². The number of nitrogen functional groups attached to an aromatic ring is 1. The van der Waals surface area contributed by atoms with Crippen molar-refractivity contribution in [3.8, 4) is 11.5 Å². The summed E-state index contributed by atoms with van der Waals surface area (Å²) >= 11 is 0. The van der Waals surface area contributed by atoms with Gasteiger partial charge in [0.25, 0.3) is 0 Å². The number of hydrogen-bond donors (Lipinski definition) is 3. The fourth-order valence-corrected chi connectivity index (χ4v) is 1.60. The maximum Gasteiger partial charge on any atom is 0.354 e. The van der Waals surface area contributed by atoms with Crippen molar-refractivity contribution in [1.82, 2.24) is 9.97 Å². The molecular weight excluding hydrogens is 292 g/mol. The second kappa shape index (κ2) is 6.35. The Morgan fingerprint density at radius 1 is 1.50 bits per heavy atom. The number of aromatic nitrogens is 2. The Labute approximate surface area is 124 Å². The zero-order valence-corrected chi connectivity index (χ0v) is 11.4. The van der Waals surface area contributed by atoms with Gasteiger partial charge in [-0.3, -0.25) is 15.5 Å². The molecule has 4 N–H and O–H groups in total. The van der Waals surface area contributed by atoms with E-state index in [1.165, 1.54) is 19.4 Å². The van der Waals surface area contributed by atoms with Crippen LogP contribution in [0.5, 0.6) is 11.5 Å². The lowest BCUT2D eigenvalue weighted by Gasteiger charge is -2.04. The molecule has 0 saturated heterocycles. The summed E-state index contributed by atoms with van der Waals surface area (Å²) in [5.74, 6) is -0.114. The van der Waals surface area contributed by atoms with Gasteiger partial charge >= 0.3 is 5.69 Å². The normalized spacial score (nSPS) is 10.6. The molecule has 0 saturated carbocycles. The number of nitrogens with zero attached hydrogens (tertiary/aromatic N) is 4. The molecule has 0 aliphatic rings. The lowest BCUT2D eigenvalue weighted by Crippen LogP contribution is -2.04. The molecule has 10 nitrogen and oxygen atoms in total. The minimum atomic E-state index is -0.698. The summed E-state index contributed by atoms with van der Waals surface area (Å²) in [4.78, 5) is 17.5. The highest BCUT2D eigenvalue weighted by Crippen LogP contribution is 2.27. The van der Waals surface area contributed by atoms with Crippen LogP contribution in [0, 0.1) is 10.1 Å². The number of rotatable bonds is 5. The molecule has 0 amide bonds. The molecule has 0 radical (unpaired) electrons. The number of nitro groups is 1. The van der Waals surface area contributed by atoms with Crippen LogP contribution in [-0.4, -0.2) is 33.3 Å². The number of phenols is 1. The molecule has 2 aromatic rings. The molecule has 22 heavy (non-hydrogen) atoms. The van der Waals surface area contributed by atoms with Gasteiger partial charge in [-0.1, -0.05) is 0 Å². The molecule has 114 valence electrons. The van der Waals surface area contributed by atoms with E-state index >= 15 is 0 Å². The van der Waals surface area contributed by atoms with Crippen molar-refractivity contribution < 1.29 is 14.8 Å². The summed E-state index contributed by atoms with van der Waals surface area (Å²) in [5, 5.41) is 24.2. The number of anilines is 2. The van der Waals surface area contributed by atoms with Crippen LogP contribution >= 0.6 is 0 Å².